The number of sulfonamides is 1. The fourth-order valence-corrected chi connectivity index (χ4v) is 4.85. The van der Waals surface area contributed by atoms with Gasteiger partial charge in [0.25, 0.3) is 5.91 Å². The summed E-state index contributed by atoms with van der Waals surface area (Å²) in [5.74, 6) is -1.66. The molecule has 1 saturated heterocycles. The maximum atomic E-state index is 14.8. The third-order valence-electron chi connectivity index (χ3n) is 6.11. The maximum absolute atomic E-state index is 14.8. The van der Waals surface area contributed by atoms with Gasteiger partial charge >= 0.3 is 6.18 Å². The van der Waals surface area contributed by atoms with Crippen molar-refractivity contribution < 1.29 is 35.5 Å². The number of pyridine rings is 1. The van der Waals surface area contributed by atoms with E-state index in [0.29, 0.717) is 38.7 Å². The van der Waals surface area contributed by atoms with Crippen LogP contribution in [0.5, 0.6) is 5.88 Å². The van der Waals surface area contributed by atoms with Crippen LogP contribution < -0.4 is 9.46 Å². The smallest absolute Gasteiger partial charge is 0.417 e. The van der Waals surface area contributed by atoms with Gasteiger partial charge in [-0.25, -0.2) is 22.5 Å². The van der Waals surface area contributed by atoms with Gasteiger partial charge in [0.05, 0.1) is 17.4 Å². The molecule has 7 nitrogen and oxygen atoms in total. The number of piperidine rings is 1. The lowest BCUT2D eigenvalue weighted by Gasteiger charge is -2.32. The summed E-state index contributed by atoms with van der Waals surface area (Å²) in [5, 5.41) is -0.211. The van der Waals surface area contributed by atoms with Crippen LogP contribution in [-0.4, -0.2) is 49.7 Å². The van der Waals surface area contributed by atoms with Crippen LogP contribution in [0.4, 0.5) is 17.6 Å². The number of rotatable bonds is 7. The minimum atomic E-state index is -4.55. The van der Waals surface area contributed by atoms with Crippen molar-refractivity contribution in [2.45, 2.75) is 50.4 Å². The van der Waals surface area contributed by atoms with E-state index in [9.17, 15) is 30.8 Å². The maximum Gasteiger partial charge on any atom is 0.417 e. The lowest BCUT2D eigenvalue weighted by atomic mass is 9.97. The highest BCUT2D eigenvalue weighted by Crippen LogP contribution is 2.43. The van der Waals surface area contributed by atoms with Crippen molar-refractivity contribution in [3.05, 3.63) is 57.5 Å². The monoisotopic (exact) mass is 549 g/mol. The molecule has 1 aliphatic heterocycles. The van der Waals surface area contributed by atoms with E-state index >= 15 is 0 Å². The van der Waals surface area contributed by atoms with Gasteiger partial charge in [-0.05, 0) is 60.9 Å². The minimum absolute atomic E-state index is 0.0517. The molecule has 1 aromatic carbocycles. The number of nitrogens with one attached hydrogen (secondary N) is 1. The Morgan fingerprint density at radius 1 is 1.19 bits per heavy atom. The van der Waals surface area contributed by atoms with Gasteiger partial charge in [-0.3, -0.25) is 9.69 Å². The average Bonchev–Trinajstić information content (AvgIpc) is 3.60. The summed E-state index contributed by atoms with van der Waals surface area (Å²) < 4.78 is 83.4. The number of carbonyl (C=O) groups excluding carboxylic acids is 1. The summed E-state index contributed by atoms with van der Waals surface area (Å²) in [4.78, 5) is 18.0. The molecule has 2 aliphatic rings. The third kappa shape index (κ3) is 6.65. The number of likely N-dealkylation sites (tertiary alicyclic amines) is 1. The number of hydrogen-bond donors (Lipinski definition) is 1. The molecule has 0 atom stereocenters. The Balaban J connectivity index is 1.40. The third-order valence-corrected chi connectivity index (χ3v) is 6.94. The molecule has 0 bridgehead atoms. The Morgan fingerprint density at radius 2 is 1.86 bits per heavy atom. The lowest BCUT2D eigenvalue weighted by Crippen LogP contribution is -2.38. The highest BCUT2D eigenvalue weighted by atomic mass is 35.5. The molecule has 1 aromatic heterocycles. The molecule has 0 radical (unpaired) electrons. The van der Waals surface area contributed by atoms with Gasteiger partial charge in [0.1, 0.15) is 16.9 Å². The molecule has 13 heteroatoms. The number of nitrogens with zero attached hydrogens (tertiary/aromatic N) is 2. The standard InChI is InChI=1S/C23H24ClF4N3O4S/c1-36(33,34)30-21(32)18-10-17(13-2-3-13)14(8-20(18)25)12-31-6-4-16(5-7-31)35-22-19(24)9-15(11-29-22)23(26,27)28/h8-11,13,16H,2-7,12H2,1H3,(H,30,32). The van der Waals surface area contributed by atoms with Crippen LogP contribution in [0.1, 0.15) is 58.6 Å². The number of amides is 1. The zero-order valence-electron chi connectivity index (χ0n) is 19.2. The first-order valence-electron chi connectivity index (χ1n) is 11.3. The second kappa shape index (κ2) is 10.1. The number of aromatic nitrogens is 1. The number of benzene rings is 1. The van der Waals surface area contributed by atoms with Gasteiger partial charge < -0.3 is 4.74 Å². The Kier molecular flexibility index (Phi) is 7.50. The van der Waals surface area contributed by atoms with Gasteiger partial charge in [0.15, 0.2) is 0 Å². The van der Waals surface area contributed by atoms with E-state index in [2.05, 4.69) is 9.88 Å². The Bertz CT molecular complexity index is 1260. The zero-order chi connectivity index (χ0) is 26.3. The van der Waals surface area contributed by atoms with Crippen LogP contribution in [-0.2, 0) is 22.7 Å². The molecule has 2 aromatic rings. The first kappa shape index (κ1) is 26.6. The van der Waals surface area contributed by atoms with Crippen molar-refractivity contribution in [3.8, 4) is 5.88 Å². The van der Waals surface area contributed by atoms with Crippen LogP contribution >= 0.6 is 11.6 Å². The van der Waals surface area contributed by atoms with Crippen LogP contribution in [0.2, 0.25) is 5.02 Å². The van der Waals surface area contributed by atoms with Gasteiger partial charge in [-0.2, -0.15) is 13.2 Å². The molecule has 2 heterocycles. The Labute approximate surface area is 210 Å². The van der Waals surface area contributed by atoms with Gasteiger partial charge in [0, 0.05) is 25.8 Å². The van der Waals surface area contributed by atoms with E-state index in [1.807, 2.05) is 0 Å². The number of hydrogen-bond acceptors (Lipinski definition) is 6. The van der Waals surface area contributed by atoms with Crippen molar-refractivity contribution in [2.75, 3.05) is 19.3 Å². The second-order valence-corrected chi connectivity index (χ2v) is 11.3. The van der Waals surface area contributed by atoms with Crippen molar-refractivity contribution in [2.24, 2.45) is 0 Å². The second-order valence-electron chi connectivity index (χ2n) is 9.11. The van der Waals surface area contributed by atoms with Crippen molar-refractivity contribution in [1.82, 2.24) is 14.6 Å². The molecule has 36 heavy (non-hydrogen) atoms. The predicted molar refractivity (Wildman–Crippen MR) is 124 cm³/mol. The number of ether oxygens (including phenoxy) is 1. The SMILES string of the molecule is CS(=O)(=O)NC(=O)c1cc(C2CC2)c(CN2CCC(Oc3ncc(C(F)(F)F)cc3Cl)CC2)cc1F. The molecule has 1 N–H and O–H groups in total. The summed E-state index contributed by atoms with van der Waals surface area (Å²) in [5.41, 5.74) is 0.305. The van der Waals surface area contributed by atoms with E-state index in [1.165, 1.54) is 12.1 Å². The summed E-state index contributed by atoms with van der Waals surface area (Å²) in [7, 11) is -3.83. The van der Waals surface area contributed by atoms with E-state index < -0.39 is 33.5 Å². The zero-order valence-corrected chi connectivity index (χ0v) is 20.8. The van der Waals surface area contributed by atoms with E-state index in [-0.39, 0.29) is 28.5 Å². The van der Waals surface area contributed by atoms with Crippen LogP contribution in [0.3, 0.4) is 0 Å². The number of halogens is 5. The van der Waals surface area contributed by atoms with Crippen LogP contribution in [0, 0.1) is 5.82 Å². The summed E-state index contributed by atoms with van der Waals surface area (Å²) in [6.07, 6.45) is -0.382. The summed E-state index contributed by atoms with van der Waals surface area (Å²) >= 11 is 5.93. The summed E-state index contributed by atoms with van der Waals surface area (Å²) in [6.45, 7) is 1.61. The lowest BCUT2D eigenvalue weighted by molar-refractivity contribution is -0.137. The molecular weight excluding hydrogens is 526 g/mol. The van der Waals surface area contributed by atoms with Gasteiger partial charge in [-0.1, -0.05) is 11.6 Å². The normalized spacial score (nSPS) is 17.7. The van der Waals surface area contributed by atoms with Crippen molar-refractivity contribution in [1.29, 1.82) is 0 Å². The molecule has 1 saturated carbocycles. The highest BCUT2D eigenvalue weighted by Gasteiger charge is 2.33. The quantitative estimate of drug-likeness (QED) is 0.512. The van der Waals surface area contributed by atoms with E-state index in [0.717, 1.165) is 36.3 Å². The van der Waals surface area contributed by atoms with Crippen LogP contribution in [0.25, 0.3) is 0 Å². The highest BCUT2D eigenvalue weighted by molar-refractivity contribution is 7.89. The van der Waals surface area contributed by atoms with E-state index in [1.54, 1.807) is 4.72 Å². The largest absolute Gasteiger partial charge is 0.473 e. The molecular formula is C23H24ClF4N3O4S. The molecule has 4 rings (SSSR count). The molecule has 2 fully saturated rings. The number of carbonyl (C=O) groups is 1. The topological polar surface area (TPSA) is 88.6 Å². The van der Waals surface area contributed by atoms with E-state index in [4.69, 9.17) is 16.3 Å². The first-order valence-corrected chi connectivity index (χ1v) is 13.5. The van der Waals surface area contributed by atoms with Crippen molar-refractivity contribution >= 4 is 27.5 Å². The average molecular weight is 550 g/mol. The fourth-order valence-electron chi connectivity index (χ4n) is 4.19. The number of alkyl halides is 3. The molecule has 1 aliphatic carbocycles. The Hall–Kier alpha value is -2.44. The van der Waals surface area contributed by atoms with Crippen molar-refractivity contribution in [3.63, 3.8) is 0 Å². The Morgan fingerprint density at radius 3 is 2.42 bits per heavy atom. The molecule has 1 amide bonds. The summed E-state index contributed by atoms with van der Waals surface area (Å²) in [6, 6.07) is 3.52. The minimum Gasteiger partial charge on any atom is -0.473 e. The first-order chi connectivity index (χ1) is 16.8. The molecule has 0 spiro atoms. The molecule has 0 unspecified atom stereocenters. The fraction of sp³-hybridized carbons (Fsp3) is 0.478. The molecule has 196 valence electrons. The van der Waals surface area contributed by atoms with Crippen LogP contribution in [0.15, 0.2) is 24.4 Å². The predicted octanol–water partition coefficient (Wildman–Crippen LogP) is 4.50. The van der Waals surface area contributed by atoms with Gasteiger partial charge in [0.2, 0.25) is 15.9 Å². The van der Waals surface area contributed by atoms with Gasteiger partial charge in [-0.15, -0.1) is 0 Å².